The molecule has 22 heavy (non-hydrogen) atoms. The molecule has 0 aliphatic heterocycles. The molecule has 0 aromatic heterocycles. The minimum absolute atomic E-state index is 0.0772. The highest BCUT2D eigenvalue weighted by Gasteiger charge is 2.23. The minimum Gasteiger partial charge on any atom is -0.493 e. The van der Waals surface area contributed by atoms with Crippen molar-refractivity contribution in [3.8, 4) is 11.5 Å². The summed E-state index contributed by atoms with van der Waals surface area (Å²) >= 11 is 3.52. The molecule has 0 saturated carbocycles. The molecule has 0 amide bonds. The van der Waals surface area contributed by atoms with Gasteiger partial charge in [0.15, 0.2) is 0 Å². The summed E-state index contributed by atoms with van der Waals surface area (Å²) in [6, 6.07) is 3.83. The zero-order valence-corrected chi connectivity index (χ0v) is 16.6. The molecular weight excluding hydrogens is 366 g/mol. The Morgan fingerprint density at radius 1 is 1.18 bits per heavy atom. The predicted octanol–water partition coefficient (Wildman–Crippen LogP) is 4.36. The monoisotopic (exact) mass is 391 g/mol. The van der Waals surface area contributed by atoms with Gasteiger partial charge < -0.3 is 9.47 Å². The lowest BCUT2D eigenvalue weighted by Crippen LogP contribution is -2.34. The average Bonchev–Trinajstić information content (AvgIpc) is 2.42. The highest BCUT2D eigenvalue weighted by Crippen LogP contribution is 2.38. The Morgan fingerprint density at radius 3 is 2.00 bits per heavy atom. The van der Waals surface area contributed by atoms with E-state index in [4.69, 9.17) is 9.47 Å². The highest BCUT2D eigenvalue weighted by molar-refractivity contribution is 9.10. The van der Waals surface area contributed by atoms with Gasteiger partial charge in [-0.1, -0.05) is 0 Å². The molecule has 126 valence electrons. The second-order valence-corrected chi connectivity index (χ2v) is 8.71. The van der Waals surface area contributed by atoms with Crippen LogP contribution >= 0.6 is 15.9 Å². The van der Waals surface area contributed by atoms with Crippen LogP contribution in [0.4, 0.5) is 0 Å². The standard InChI is InChI=1S/C16H26BrNO3S/c1-7-20-13-9-12(10-14(15(13)17)21-8-2)11(3)18-22(19)16(4,5)6/h9-11,18H,7-8H2,1-6H3/t11-,22+/m1/s1. The highest BCUT2D eigenvalue weighted by atomic mass is 79.9. The maximum absolute atomic E-state index is 12.3. The molecule has 6 heteroatoms. The molecule has 1 N–H and O–H groups in total. The van der Waals surface area contributed by atoms with Crippen LogP contribution in [0.2, 0.25) is 0 Å². The summed E-state index contributed by atoms with van der Waals surface area (Å²) in [5.74, 6) is 1.47. The quantitative estimate of drug-likeness (QED) is 0.750. The van der Waals surface area contributed by atoms with Crippen LogP contribution in [-0.4, -0.2) is 22.2 Å². The van der Waals surface area contributed by atoms with Crippen molar-refractivity contribution < 1.29 is 13.7 Å². The summed E-state index contributed by atoms with van der Waals surface area (Å²) in [7, 11) is -1.14. The lowest BCUT2D eigenvalue weighted by molar-refractivity contribution is 0.318. The van der Waals surface area contributed by atoms with Crippen molar-refractivity contribution in [2.24, 2.45) is 0 Å². The predicted molar refractivity (Wildman–Crippen MR) is 95.9 cm³/mol. The summed E-state index contributed by atoms with van der Waals surface area (Å²) in [6.45, 7) is 12.8. The number of rotatable bonds is 7. The first-order chi connectivity index (χ1) is 10.2. The largest absolute Gasteiger partial charge is 0.493 e. The van der Waals surface area contributed by atoms with Gasteiger partial charge in [-0.2, -0.15) is 0 Å². The van der Waals surface area contributed by atoms with E-state index in [2.05, 4.69) is 20.7 Å². The molecule has 1 aromatic carbocycles. The zero-order chi connectivity index (χ0) is 16.9. The Morgan fingerprint density at radius 2 is 1.64 bits per heavy atom. The molecule has 0 fully saturated rings. The van der Waals surface area contributed by atoms with E-state index in [0.29, 0.717) is 13.2 Å². The number of halogens is 1. The molecule has 1 rings (SSSR count). The van der Waals surface area contributed by atoms with E-state index in [0.717, 1.165) is 21.5 Å². The fourth-order valence-electron chi connectivity index (χ4n) is 1.77. The summed E-state index contributed by atoms with van der Waals surface area (Å²) in [5, 5.41) is 0. The number of ether oxygens (including phenoxy) is 2. The average molecular weight is 392 g/mol. The van der Waals surface area contributed by atoms with E-state index in [1.165, 1.54) is 0 Å². The van der Waals surface area contributed by atoms with E-state index in [9.17, 15) is 4.21 Å². The van der Waals surface area contributed by atoms with Crippen LogP contribution in [0, 0.1) is 0 Å². The number of benzene rings is 1. The van der Waals surface area contributed by atoms with E-state index >= 15 is 0 Å². The summed E-state index contributed by atoms with van der Waals surface area (Å²) in [4.78, 5) is 0. The first-order valence-corrected chi connectivity index (χ1v) is 9.42. The van der Waals surface area contributed by atoms with Gasteiger partial charge in [-0.3, -0.25) is 0 Å². The first-order valence-electron chi connectivity index (χ1n) is 7.47. The molecule has 0 unspecified atom stereocenters. The molecule has 0 aliphatic carbocycles. The van der Waals surface area contributed by atoms with Crippen molar-refractivity contribution in [3.63, 3.8) is 0 Å². The van der Waals surface area contributed by atoms with Gasteiger partial charge in [0.05, 0.1) is 28.9 Å². The Bertz CT molecular complexity index is 502. The van der Waals surface area contributed by atoms with Crippen molar-refractivity contribution in [1.82, 2.24) is 4.72 Å². The van der Waals surface area contributed by atoms with Crippen molar-refractivity contribution in [2.75, 3.05) is 13.2 Å². The molecule has 1 aromatic rings. The second kappa shape index (κ2) is 8.31. The molecule has 2 atom stereocenters. The molecule has 4 nitrogen and oxygen atoms in total. The van der Waals surface area contributed by atoms with Gasteiger partial charge in [0.2, 0.25) is 0 Å². The molecular formula is C16H26BrNO3S. The Hall–Kier alpha value is -0.590. The van der Waals surface area contributed by atoms with Crippen LogP contribution in [0.1, 0.15) is 53.1 Å². The molecule has 0 saturated heterocycles. The summed E-state index contributed by atoms with van der Waals surface area (Å²) in [6.07, 6.45) is 0. The van der Waals surface area contributed by atoms with Crippen molar-refractivity contribution in [2.45, 2.75) is 52.3 Å². The minimum atomic E-state index is -1.14. The van der Waals surface area contributed by atoms with Crippen molar-refractivity contribution >= 4 is 26.9 Å². The van der Waals surface area contributed by atoms with E-state index in [1.807, 2.05) is 53.7 Å². The fraction of sp³-hybridized carbons (Fsp3) is 0.625. The molecule has 0 spiro atoms. The number of nitrogens with one attached hydrogen (secondary N) is 1. The maximum Gasteiger partial charge on any atom is 0.137 e. The van der Waals surface area contributed by atoms with Crippen LogP contribution < -0.4 is 14.2 Å². The fourth-order valence-corrected chi connectivity index (χ4v) is 3.04. The Balaban J connectivity index is 3.09. The normalized spacial score (nSPS) is 14.5. The van der Waals surface area contributed by atoms with Gasteiger partial charge in [-0.05, 0) is 75.2 Å². The summed E-state index contributed by atoms with van der Waals surface area (Å²) in [5.41, 5.74) is 0.979. The Kier molecular flexibility index (Phi) is 7.35. The van der Waals surface area contributed by atoms with Crippen LogP contribution in [0.3, 0.4) is 0 Å². The first kappa shape index (κ1) is 19.5. The second-order valence-electron chi connectivity index (χ2n) is 5.92. The maximum atomic E-state index is 12.3. The third kappa shape index (κ3) is 5.25. The topological polar surface area (TPSA) is 47.6 Å². The lowest BCUT2D eigenvalue weighted by atomic mass is 10.1. The van der Waals surface area contributed by atoms with E-state index < -0.39 is 11.0 Å². The third-order valence-corrected chi connectivity index (χ3v) is 5.43. The molecule has 0 radical (unpaired) electrons. The van der Waals surface area contributed by atoms with Gasteiger partial charge in [-0.25, -0.2) is 8.93 Å². The van der Waals surface area contributed by atoms with E-state index in [1.54, 1.807) is 0 Å². The van der Waals surface area contributed by atoms with Crippen LogP contribution in [0.5, 0.6) is 11.5 Å². The third-order valence-electron chi connectivity index (χ3n) is 2.97. The van der Waals surface area contributed by atoms with Crippen LogP contribution in [0.25, 0.3) is 0 Å². The van der Waals surface area contributed by atoms with Crippen LogP contribution in [0.15, 0.2) is 16.6 Å². The van der Waals surface area contributed by atoms with E-state index in [-0.39, 0.29) is 10.8 Å². The number of hydrogen-bond acceptors (Lipinski definition) is 3. The molecule has 0 bridgehead atoms. The zero-order valence-electron chi connectivity index (χ0n) is 14.2. The smallest absolute Gasteiger partial charge is 0.137 e. The molecule has 0 heterocycles. The van der Waals surface area contributed by atoms with Crippen molar-refractivity contribution in [3.05, 3.63) is 22.2 Å². The van der Waals surface area contributed by atoms with Crippen molar-refractivity contribution in [1.29, 1.82) is 0 Å². The van der Waals surface area contributed by atoms with Gasteiger partial charge >= 0.3 is 0 Å². The SMILES string of the molecule is CCOc1cc([C@@H](C)N[S@@](=O)C(C)(C)C)cc(OCC)c1Br. The lowest BCUT2D eigenvalue weighted by Gasteiger charge is -2.23. The van der Waals surface area contributed by atoms with Gasteiger partial charge in [0, 0.05) is 6.04 Å². The van der Waals surface area contributed by atoms with Gasteiger partial charge in [-0.15, -0.1) is 0 Å². The number of hydrogen-bond donors (Lipinski definition) is 1. The van der Waals surface area contributed by atoms with Gasteiger partial charge in [0.25, 0.3) is 0 Å². The molecule has 0 aliphatic rings. The summed E-state index contributed by atoms with van der Waals surface area (Å²) < 4.78 is 27.2. The van der Waals surface area contributed by atoms with Gasteiger partial charge in [0.1, 0.15) is 16.0 Å². The Labute approximate surface area is 144 Å². The van der Waals surface area contributed by atoms with Crippen LogP contribution in [-0.2, 0) is 11.0 Å².